The second kappa shape index (κ2) is 11.5. The molecule has 0 aromatic heterocycles. The quantitative estimate of drug-likeness (QED) is 0.548. The summed E-state index contributed by atoms with van der Waals surface area (Å²) in [7, 11) is 0. The van der Waals surface area contributed by atoms with E-state index in [4.69, 9.17) is 0 Å². The van der Waals surface area contributed by atoms with E-state index in [-0.39, 0.29) is 31.0 Å². The number of hydrogen-bond donors (Lipinski definition) is 2. The Hall–Kier alpha value is -2.87. The van der Waals surface area contributed by atoms with E-state index in [1.807, 2.05) is 51.1 Å². The van der Waals surface area contributed by atoms with E-state index >= 15 is 0 Å². The largest absolute Gasteiger partial charge is 0.348 e. The van der Waals surface area contributed by atoms with Crippen LogP contribution in [-0.2, 0) is 9.59 Å². The van der Waals surface area contributed by atoms with Gasteiger partial charge in [-0.05, 0) is 36.6 Å². The predicted molar refractivity (Wildman–Crippen MR) is 114 cm³/mol. The molecule has 0 aliphatic carbocycles. The minimum Gasteiger partial charge on any atom is -0.348 e. The van der Waals surface area contributed by atoms with Crippen LogP contribution in [0.5, 0.6) is 0 Å². The summed E-state index contributed by atoms with van der Waals surface area (Å²) in [5.41, 5.74) is 0.535. The van der Waals surface area contributed by atoms with Crippen molar-refractivity contribution in [3.8, 4) is 0 Å². The molecule has 2 N–H and O–H groups in total. The summed E-state index contributed by atoms with van der Waals surface area (Å²) < 4.78 is 40.2. The summed E-state index contributed by atoms with van der Waals surface area (Å²) in [5.74, 6) is -5.17. The number of nitrogens with zero attached hydrogens (tertiary/aromatic N) is 1. The minimum atomic E-state index is -1.65. The van der Waals surface area contributed by atoms with Crippen LogP contribution in [0.1, 0.15) is 38.8 Å². The van der Waals surface area contributed by atoms with Gasteiger partial charge < -0.3 is 10.6 Å². The fraction of sp³-hybridized carbons (Fsp3) is 0.391. The Balaban J connectivity index is 2.00. The highest BCUT2D eigenvalue weighted by Gasteiger charge is 2.21. The van der Waals surface area contributed by atoms with Gasteiger partial charge in [-0.2, -0.15) is 0 Å². The zero-order valence-electron chi connectivity index (χ0n) is 17.9. The van der Waals surface area contributed by atoms with Gasteiger partial charge in [0.2, 0.25) is 11.8 Å². The Morgan fingerprint density at radius 1 is 0.935 bits per heavy atom. The SMILES string of the molecule is CCCN(CC(=O)Nc1ccc(F)c(F)c1F)CC(=O)NC(c1ccccc1)C(C)C. The maximum absolute atomic E-state index is 13.8. The summed E-state index contributed by atoms with van der Waals surface area (Å²) >= 11 is 0. The van der Waals surface area contributed by atoms with Crippen LogP contribution in [-0.4, -0.2) is 36.3 Å². The van der Waals surface area contributed by atoms with Crippen LogP contribution in [0.3, 0.4) is 0 Å². The highest BCUT2D eigenvalue weighted by atomic mass is 19.2. The topological polar surface area (TPSA) is 61.4 Å². The molecular formula is C23H28F3N3O2. The molecule has 0 radical (unpaired) electrons. The standard InChI is InChI=1S/C23H28F3N3O2/c1-4-12-29(13-19(30)27-18-11-10-17(24)21(25)22(18)26)14-20(31)28-23(15(2)3)16-8-6-5-7-9-16/h5-11,15,23H,4,12-14H2,1-3H3,(H,27,30)(H,28,31). The summed E-state index contributed by atoms with van der Waals surface area (Å²) in [5, 5.41) is 5.24. The Bertz CT molecular complexity index is 891. The van der Waals surface area contributed by atoms with E-state index in [1.54, 1.807) is 4.90 Å². The smallest absolute Gasteiger partial charge is 0.238 e. The molecule has 0 heterocycles. The number of hydrogen-bond acceptors (Lipinski definition) is 3. The third kappa shape index (κ3) is 7.10. The van der Waals surface area contributed by atoms with Gasteiger partial charge in [0.05, 0.1) is 24.8 Å². The van der Waals surface area contributed by atoms with Gasteiger partial charge >= 0.3 is 0 Å². The Morgan fingerprint density at radius 3 is 2.19 bits per heavy atom. The molecule has 31 heavy (non-hydrogen) atoms. The molecular weight excluding hydrogens is 407 g/mol. The van der Waals surface area contributed by atoms with E-state index in [2.05, 4.69) is 10.6 Å². The number of halogens is 3. The Labute approximate surface area is 180 Å². The first-order valence-electron chi connectivity index (χ1n) is 10.2. The van der Waals surface area contributed by atoms with Gasteiger partial charge in [-0.1, -0.05) is 51.1 Å². The molecule has 0 saturated carbocycles. The molecule has 1 unspecified atom stereocenters. The van der Waals surface area contributed by atoms with Crippen molar-refractivity contribution >= 4 is 17.5 Å². The number of carbonyl (C=O) groups excluding carboxylic acids is 2. The first kappa shape index (κ1) is 24.4. The number of benzene rings is 2. The molecule has 0 fully saturated rings. The molecule has 2 rings (SSSR count). The third-order valence-electron chi connectivity index (χ3n) is 4.73. The van der Waals surface area contributed by atoms with Crippen molar-refractivity contribution in [2.75, 3.05) is 25.0 Å². The molecule has 0 saturated heterocycles. The second-order valence-electron chi connectivity index (χ2n) is 7.68. The molecule has 2 aromatic rings. The van der Waals surface area contributed by atoms with Crippen LogP contribution in [0.25, 0.3) is 0 Å². The monoisotopic (exact) mass is 435 g/mol. The van der Waals surface area contributed by atoms with Crippen molar-refractivity contribution in [2.45, 2.75) is 33.2 Å². The number of amides is 2. The van der Waals surface area contributed by atoms with E-state index in [9.17, 15) is 22.8 Å². The average molecular weight is 435 g/mol. The van der Waals surface area contributed by atoms with Gasteiger partial charge in [-0.3, -0.25) is 14.5 Å². The average Bonchev–Trinajstić information content (AvgIpc) is 2.73. The van der Waals surface area contributed by atoms with E-state index < -0.39 is 29.0 Å². The molecule has 1 atom stereocenters. The fourth-order valence-corrected chi connectivity index (χ4v) is 3.26. The summed E-state index contributed by atoms with van der Waals surface area (Å²) in [6, 6.07) is 11.1. The lowest BCUT2D eigenvalue weighted by atomic mass is 9.96. The van der Waals surface area contributed by atoms with E-state index in [0.717, 1.165) is 17.7 Å². The van der Waals surface area contributed by atoms with Crippen molar-refractivity contribution in [1.82, 2.24) is 10.2 Å². The van der Waals surface area contributed by atoms with Gasteiger partial charge in [0.25, 0.3) is 0 Å². The van der Waals surface area contributed by atoms with E-state index in [1.165, 1.54) is 0 Å². The van der Waals surface area contributed by atoms with Gasteiger partial charge in [0.15, 0.2) is 17.5 Å². The van der Waals surface area contributed by atoms with Crippen molar-refractivity contribution < 1.29 is 22.8 Å². The van der Waals surface area contributed by atoms with E-state index in [0.29, 0.717) is 13.0 Å². The molecule has 168 valence electrons. The zero-order chi connectivity index (χ0) is 23.0. The second-order valence-corrected chi connectivity index (χ2v) is 7.68. The normalized spacial score (nSPS) is 12.1. The van der Waals surface area contributed by atoms with Crippen LogP contribution in [0, 0.1) is 23.4 Å². The van der Waals surface area contributed by atoms with Gasteiger partial charge in [0.1, 0.15) is 0 Å². The highest BCUT2D eigenvalue weighted by molar-refractivity contribution is 5.92. The van der Waals surface area contributed by atoms with Crippen LogP contribution >= 0.6 is 0 Å². The Kier molecular flexibility index (Phi) is 9.05. The molecule has 0 spiro atoms. The number of nitrogens with one attached hydrogen (secondary N) is 2. The lowest BCUT2D eigenvalue weighted by Crippen LogP contribution is -2.43. The van der Waals surface area contributed by atoms with Crippen molar-refractivity contribution in [2.24, 2.45) is 5.92 Å². The van der Waals surface area contributed by atoms with Crippen LogP contribution < -0.4 is 10.6 Å². The third-order valence-corrected chi connectivity index (χ3v) is 4.73. The lowest BCUT2D eigenvalue weighted by Gasteiger charge is -2.26. The minimum absolute atomic E-state index is 0.0302. The lowest BCUT2D eigenvalue weighted by molar-refractivity contribution is -0.124. The number of anilines is 1. The van der Waals surface area contributed by atoms with Crippen molar-refractivity contribution in [1.29, 1.82) is 0 Å². The predicted octanol–water partition coefficient (Wildman–Crippen LogP) is 4.27. The van der Waals surface area contributed by atoms with Crippen LogP contribution in [0.15, 0.2) is 42.5 Å². The summed E-state index contributed by atoms with van der Waals surface area (Å²) in [6.07, 6.45) is 0.687. The van der Waals surface area contributed by atoms with Gasteiger partial charge in [0, 0.05) is 0 Å². The molecule has 8 heteroatoms. The molecule has 5 nitrogen and oxygen atoms in total. The first-order valence-corrected chi connectivity index (χ1v) is 10.2. The number of rotatable bonds is 10. The fourth-order valence-electron chi connectivity index (χ4n) is 3.26. The van der Waals surface area contributed by atoms with Gasteiger partial charge in [-0.15, -0.1) is 0 Å². The highest BCUT2D eigenvalue weighted by Crippen LogP contribution is 2.21. The Morgan fingerprint density at radius 2 is 1.58 bits per heavy atom. The molecule has 2 aromatic carbocycles. The maximum atomic E-state index is 13.8. The number of carbonyl (C=O) groups is 2. The maximum Gasteiger partial charge on any atom is 0.238 e. The molecule has 0 aliphatic rings. The zero-order valence-corrected chi connectivity index (χ0v) is 17.9. The molecule has 2 amide bonds. The van der Waals surface area contributed by atoms with Gasteiger partial charge in [-0.25, -0.2) is 13.2 Å². The first-order chi connectivity index (χ1) is 14.7. The van der Waals surface area contributed by atoms with Crippen molar-refractivity contribution in [3.05, 3.63) is 65.5 Å². The van der Waals surface area contributed by atoms with Crippen molar-refractivity contribution in [3.63, 3.8) is 0 Å². The molecule has 0 bridgehead atoms. The summed E-state index contributed by atoms with van der Waals surface area (Å²) in [6.45, 7) is 6.14. The summed E-state index contributed by atoms with van der Waals surface area (Å²) in [4.78, 5) is 26.6. The van der Waals surface area contributed by atoms with Crippen LogP contribution in [0.2, 0.25) is 0 Å². The van der Waals surface area contributed by atoms with Crippen LogP contribution in [0.4, 0.5) is 18.9 Å². The molecule has 0 aliphatic heterocycles.